The van der Waals surface area contributed by atoms with Crippen LogP contribution in [0.15, 0.2) is 91.0 Å². The van der Waals surface area contributed by atoms with Crippen molar-refractivity contribution in [1.29, 1.82) is 0 Å². The van der Waals surface area contributed by atoms with E-state index in [0.29, 0.717) is 0 Å². The normalized spacial score (nSPS) is 13.6. The Balaban J connectivity index is 0.000000464. The maximum absolute atomic E-state index is 4.00. The Morgan fingerprint density at radius 1 is 0.806 bits per heavy atom. The zero-order valence-electron chi connectivity index (χ0n) is 21.1. The molecule has 0 heterocycles. The largest absolute Gasteiger partial charge is 0.179 e. The molecule has 3 aliphatic carbocycles. The number of benzene rings is 3. The maximum Gasteiger partial charge on any atom is -0.0253 e. The molecule has 0 aliphatic heterocycles. The molecule has 192 valence electrons. The smallest absolute Gasteiger partial charge is 0.0253 e. The summed E-state index contributed by atoms with van der Waals surface area (Å²) in [5.41, 5.74) is 6.58. The van der Waals surface area contributed by atoms with Gasteiger partial charge in [0, 0.05) is 0 Å². The Bertz CT molecular complexity index is 951. The summed E-state index contributed by atoms with van der Waals surface area (Å²) in [6.45, 7) is 7.72. The van der Waals surface area contributed by atoms with Gasteiger partial charge in [-0.05, 0) is 6.42 Å². The number of rotatable bonds is 0. The third-order valence-corrected chi connectivity index (χ3v) is 5.77. The fourth-order valence-electron chi connectivity index (χ4n) is 4.00. The summed E-state index contributed by atoms with van der Waals surface area (Å²) < 4.78 is 3.34. The summed E-state index contributed by atoms with van der Waals surface area (Å²) in [5.74, 6) is 0.786. The molecule has 3 aromatic carbocycles. The second kappa shape index (κ2) is 21.4. The van der Waals surface area contributed by atoms with Crippen LogP contribution in [-0.2, 0) is 30.7 Å². The van der Waals surface area contributed by atoms with Gasteiger partial charge < -0.3 is 6.92 Å². The number of hydrogen-bond donors (Lipinski definition) is 0. The van der Waals surface area contributed by atoms with Crippen molar-refractivity contribution >= 4 is 29.0 Å². The third kappa shape index (κ3) is 13.1. The van der Waals surface area contributed by atoms with E-state index in [1.54, 1.807) is 0 Å². The van der Waals surface area contributed by atoms with Gasteiger partial charge >= 0.3 is 28.4 Å². The van der Waals surface area contributed by atoms with Gasteiger partial charge in [0.05, 0.1) is 0 Å². The van der Waals surface area contributed by atoms with Gasteiger partial charge in [-0.3, -0.25) is 6.08 Å². The van der Waals surface area contributed by atoms with E-state index in [2.05, 4.69) is 72.7 Å². The third-order valence-electron chi connectivity index (χ3n) is 5.77. The molecule has 0 aromatic heterocycles. The minimum absolute atomic E-state index is 0. The molecule has 1 fully saturated rings. The van der Waals surface area contributed by atoms with Crippen molar-refractivity contribution in [2.45, 2.75) is 44.9 Å². The van der Waals surface area contributed by atoms with Crippen molar-refractivity contribution in [2.75, 3.05) is 0 Å². The van der Waals surface area contributed by atoms with Gasteiger partial charge in [0.1, 0.15) is 0 Å². The minimum atomic E-state index is 0. The first-order valence-electron chi connectivity index (χ1n) is 12.1. The molecule has 0 spiro atoms. The molecule has 0 unspecified atom stereocenters. The Kier molecular flexibility index (Phi) is 20.4. The zero-order chi connectivity index (χ0) is 24.4. The van der Waals surface area contributed by atoms with Crippen LogP contribution in [0.2, 0.25) is 0 Å². The molecule has 0 N–H and O–H groups in total. The average molecular weight is 597 g/mol. The van der Waals surface area contributed by atoms with Gasteiger partial charge in [-0.1, -0.05) is 73.6 Å². The second-order valence-corrected chi connectivity index (χ2v) is 8.39. The molecule has 0 bridgehead atoms. The molecule has 6 rings (SSSR count). The van der Waals surface area contributed by atoms with Crippen molar-refractivity contribution < 1.29 is 24.2 Å². The molecule has 3 aromatic rings. The van der Waals surface area contributed by atoms with Crippen LogP contribution < -0.4 is 0 Å². The molecular weight excluding hydrogens is 558 g/mol. The molecule has 0 amide bonds. The van der Waals surface area contributed by atoms with Crippen molar-refractivity contribution in [3.05, 3.63) is 134 Å². The zero-order valence-corrected chi connectivity index (χ0v) is 25.2. The van der Waals surface area contributed by atoms with E-state index in [-0.39, 0.29) is 24.8 Å². The predicted molar refractivity (Wildman–Crippen MR) is 160 cm³/mol. The Morgan fingerprint density at radius 3 is 1.94 bits per heavy atom. The van der Waals surface area contributed by atoms with Gasteiger partial charge in [-0.15, -0.1) is 48.9 Å². The molecule has 0 radical (unpaired) electrons. The number of halogens is 2. The predicted octanol–water partition coefficient (Wildman–Crippen LogP) is 9.44. The molecule has 0 saturated heterocycles. The van der Waals surface area contributed by atoms with E-state index in [1.807, 2.05) is 48.6 Å². The van der Waals surface area contributed by atoms with Crippen LogP contribution >= 0.6 is 24.8 Å². The summed E-state index contributed by atoms with van der Waals surface area (Å²) >= 11 is 1.30. The van der Waals surface area contributed by atoms with Gasteiger partial charge in [-0.2, -0.15) is 66.4 Å². The monoisotopic (exact) mass is 594 g/mol. The van der Waals surface area contributed by atoms with Crippen molar-refractivity contribution in [3.63, 3.8) is 0 Å². The first-order chi connectivity index (χ1) is 16.7. The van der Waals surface area contributed by atoms with E-state index >= 15 is 0 Å². The summed E-state index contributed by atoms with van der Waals surface area (Å²) in [5, 5.41) is 0. The van der Waals surface area contributed by atoms with E-state index < -0.39 is 0 Å². The number of allylic oxidation sites excluding steroid dienone is 4. The minimum Gasteiger partial charge on any atom is -0.179 e. The summed E-state index contributed by atoms with van der Waals surface area (Å²) in [4.78, 5) is 0. The van der Waals surface area contributed by atoms with Crippen LogP contribution in [0.4, 0.5) is 0 Å². The number of hydrogen-bond acceptors (Lipinski definition) is 0. The topological polar surface area (TPSA) is 0 Å². The quantitative estimate of drug-likeness (QED) is 0.177. The average Bonchev–Trinajstić information content (AvgIpc) is 3.59. The van der Waals surface area contributed by atoms with Crippen LogP contribution in [0, 0.1) is 31.9 Å². The van der Waals surface area contributed by atoms with Crippen molar-refractivity contribution in [1.82, 2.24) is 0 Å². The molecule has 3 heteroatoms. The first-order valence-corrected chi connectivity index (χ1v) is 13.8. The van der Waals surface area contributed by atoms with E-state index in [4.69, 9.17) is 0 Å². The Morgan fingerprint density at radius 2 is 1.44 bits per heavy atom. The van der Waals surface area contributed by atoms with Crippen LogP contribution in [0.1, 0.15) is 55.2 Å². The van der Waals surface area contributed by atoms with E-state index in [0.717, 1.165) is 24.3 Å². The second-order valence-electron chi connectivity index (χ2n) is 8.39. The Hall–Kier alpha value is -1.66. The summed E-state index contributed by atoms with van der Waals surface area (Å²) in [6.07, 6.45) is 18.1. The fraction of sp³-hybridized carbons (Fsp3) is 0.242. The summed E-state index contributed by atoms with van der Waals surface area (Å²) in [6, 6.07) is 28.0. The standard InChI is InChI=1S/C13H9.C7H13.C7H7.C5H5.CH2.2ClH.Zr/c1-3-7-12-10(5-1)9-11-6-2-4-8-13(11)12;2*1-7-5-3-2-4-6-7;1-2-4-5-3-1;;;;/h1-5,7-8H,9H2;7H,1-6H2;2-6H,1H2;1-3H,4H2;1H2;2*1H;/q4*-1;;;;. The summed E-state index contributed by atoms with van der Waals surface area (Å²) in [7, 11) is 0. The molecule has 1 saturated carbocycles. The van der Waals surface area contributed by atoms with E-state index in [1.165, 1.54) is 78.6 Å². The molecule has 0 nitrogen and oxygen atoms in total. The first kappa shape index (κ1) is 34.3. The van der Waals surface area contributed by atoms with Crippen LogP contribution in [0.5, 0.6) is 0 Å². The van der Waals surface area contributed by atoms with Gasteiger partial charge in [0.25, 0.3) is 0 Å². The molecule has 0 atom stereocenters. The Labute approximate surface area is 247 Å². The van der Waals surface area contributed by atoms with Gasteiger partial charge in [-0.25, -0.2) is 12.2 Å². The van der Waals surface area contributed by atoms with Gasteiger partial charge in [0.15, 0.2) is 0 Å². The molecule has 3 aliphatic rings. The maximum atomic E-state index is 4.00. The molecule has 36 heavy (non-hydrogen) atoms. The van der Waals surface area contributed by atoms with Crippen LogP contribution in [0.25, 0.3) is 11.1 Å². The fourth-order valence-corrected chi connectivity index (χ4v) is 4.00. The molecular formula is C33H38Cl2Zr-4. The number of fused-ring (bicyclic) bond motifs is 3. The SMILES string of the molecule is Cl.Cl.[C-]1=CC=CC1.[CH2-]C1CCCCC1.[CH2-]c1ccccc1.[CH2]=[Zr].[c-]1cccc2c1Cc1ccccc1-2. The van der Waals surface area contributed by atoms with Crippen molar-refractivity contribution in [2.24, 2.45) is 5.92 Å². The van der Waals surface area contributed by atoms with Crippen LogP contribution in [0.3, 0.4) is 0 Å². The van der Waals surface area contributed by atoms with Crippen LogP contribution in [-0.4, -0.2) is 4.21 Å². The van der Waals surface area contributed by atoms with E-state index in [9.17, 15) is 0 Å². The van der Waals surface area contributed by atoms with Crippen molar-refractivity contribution in [3.8, 4) is 11.1 Å². The van der Waals surface area contributed by atoms with Gasteiger partial charge in [0.2, 0.25) is 0 Å².